The lowest BCUT2D eigenvalue weighted by Gasteiger charge is -2.08. The molecular formula is C16H16N4O. The lowest BCUT2D eigenvalue weighted by atomic mass is 10.2. The second-order valence-corrected chi connectivity index (χ2v) is 4.90. The average molecular weight is 280 g/mol. The van der Waals surface area contributed by atoms with E-state index in [1.165, 1.54) is 0 Å². The second-order valence-electron chi connectivity index (χ2n) is 4.90. The maximum absolute atomic E-state index is 12.5. The monoisotopic (exact) mass is 280 g/mol. The summed E-state index contributed by atoms with van der Waals surface area (Å²) in [5, 5.41) is 4.65. The van der Waals surface area contributed by atoms with Gasteiger partial charge in [-0.3, -0.25) is 4.79 Å². The Hall–Kier alpha value is -2.69. The molecule has 0 saturated carbocycles. The molecule has 2 heterocycles. The first kappa shape index (κ1) is 13.3. The lowest BCUT2D eigenvalue weighted by molar-refractivity contribution is 0.718. The van der Waals surface area contributed by atoms with Gasteiger partial charge in [-0.15, -0.1) is 0 Å². The van der Waals surface area contributed by atoms with Gasteiger partial charge in [-0.1, -0.05) is 18.2 Å². The summed E-state index contributed by atoms with van der Waals surface area (Å²) in [5.41, 5.74) is 0.849. The summed E-state index contributed by atoms with van der Waals surface area (Å²) in [4.78, 5) is 21.2. The van der Waals surface area contributed by atoms with Gasteiger partial charge in [0.2, 0.25) is 0 Å². The number of benzene rings is 1. The molecule has 0 aliphatic heterocycles. The molecule has 0 radical (unpaired) electrons. The van der Waals surface area contributed by atoms with Gasteiger partial charge in [0.25, 0.3) is 5.56 Å². The molecule has 5 heteroatoms. The zero-order valence-corrected chi connectivity index (χ0v) is 12.0. The minimum Gasteiger partial charge on any atom is -0.373 e. The van der Waals surface area contributed by atoms with Crippen LogP contribution >= 0.6 is 0 Å². The van der Waals surface area contributed by atoms with Gasteiger partial charge in [0.1, 0.15) is 5.82 Å². The van der Waals surface area contributed by atoms with E-state index in [0.717, 1.165) is 16.9 Å². The fourth-order valence-electron chi connectivity index (χ4n) is 2.34. The van der Waals surface area contributed by atoms with Crippen molar-refractivity contribution < 1.29 is 0 Å². The van der Waals surface area contributed by atoms with Gasteiger partial charge in [0.05, 0.1) is 6.54 Å². The number of aromatic nitrogens is 3. The highest BCUT2D eigenvalue weighted by atomic mass is 16.1. The van der Waals surface area contributed by atoms with E-state index in [4.69, 9.17) is 0 Å². The van der Waals surface area contributed by atoms with Crippen LogP contribution in [0.4, 0.5) is 5.82 Å². The first-order valence-corrected chi connectivity index (χ1v) is 6.78. The number of hydrogen-bond acceptors (Lipinski definition) is 4. The van der Waals surface area contributed by atoms with E-state index >= 15 is 0 Å². The van der Waals surface area contributed by atoms with Crippen LogP contribution in [0.1, 0.15) is 11.5 Å². The summed E-state index contributed by atoms with van der Waals surface area (Å²) in [6, 6.07) is 11.4. The second kappa shape index (κ2) is 5.36. The van der Waals surface area contributed by atoms with Gasteiger partial charge in [0, 0.05) is 30.4 Å². The number of pyridine rings is 1. The van der Waals surface area contributed by atoms with E-state index in [-0.39, 0.29) is 5.56 Å². The van der Waals surface area contributed by atoms with Crippen molar-refractivity contribution in [2.45, 2.75) is 13.5 Å². The van der Waals surface area contributed by atoms with Gasteiger partial charge < -0.3 is 9.88 Å². The average Bonchev–Trinajstić information content (AvgIpc) is 2.50. The Labute approximate surface area is 122 Å². The van der Waals surface area contributed by atoms with Crippen molar-refractivity contribution >= 4 is 16.6 Å². The van der Waals surface area contributed by atoms with Crippen molar-refractivity contribution in [3.63, 3.8) is 0 Å². The molecule has 0 spiro atoms. The molecule has 0 fully saturated rings. The fraction of sp³-hybridized carbons (Fsp3) is 0.188. The van der Waals surface area contributed by atoms with E-state index in [1.807, 2.05) is 50.4 Å². The molecule has 0 saturated heterocycles. The van der Waals surface area contributed by atoms with Crippen LogP contribution in [0.2, 0.25) is 0 Å². The molecule has 0 atom stereocenters. The summed E-state index contributed by atoms with van der Waals surface area (Å²) in [6.45, 7) is 2.27. The molecule has 0 unspecified atom stereocenters. The Morgan fingerprint density at radius 3 is 2.81 bits per heavy atom. The molecule has 0 bridgehead atoms. The molecule has 2 aromatic heterocycles. The highest BCUT2D eigenvalue weighted by molar-refractivity contribution is 5.81. The Kier molecular flexibility index (Phi) is 3.39. The molecule has 5 nitrogen and oxygen atoms in total. The molecule has 0 aliphatic carbocycles. The van der Waals surface area contributed by atoms with Crippen molar-refractivity contribution in [3.05, 3.63) is 64.5 Å². The molecule has 3 aromatic rings. The zero-order chi connectivity index (χ0) is 14.8. The molecule has 1 aromatic carbocycles. The van der Waals surface area contributed by atoms with Crippen LogP contribution in [0.3, 0.4) is 0 Å². The van der Waals surface area contributed by atoms with Crippen LogP contribution in [-0.2, 0) is 6.54 Å². The number of nitrogens with one attached hydrogen (secondary N) is 1. The summed E-state index contributed by atoms with van der Waals surface area (Å²) < 4.78 is 1.64. The highest BCUT2D eigenvalue weighted by Gasteiger charge is 2.06. The molecule has 0 amide bonds. The number of anilines is 1. The third-order valence-electron chi connectivity index (χ3n) is 3.35. The van der Waals surface area contributed by atoms with Crippen molar-refractivity contribution in [1.29, 1.82) is 0 Å². The first-order chi connectivity index (χ1) is 10.2. The van der Waals surface area contributed by atoms with E-state index in [1.54, 1.807) is 10.8 Å². The molecule has 0 aliphatic rings. The van der Waals surface area contributed by atoms with Crippen LogP contribution in [0.15, 0.2) is 47.4 Å². The van der Waals surface area contributed by atoms with Crippen molar-refractivity contribution in [2.24, 2.45) is 0 Å². The quantitative estimate of drug-likeness (QED) is 0.799. The number of aryl methyl sites for hydroxylation is 1. The van der Waals surface area contributed by atoms with Crippen LogP contribution < -0.4 is 10.9 Å². The molecule has 1 N–H and O–H groups in total. The highest BCUT2D eigenvalue weighted by Crippen LogP contribution is 2.10. The smallest absolute Gasteiger partial charge is 0.258 e. The Balaban J connectivity index is 2.04. The molecular weight excluding hydrogens is 264 g/mol. The van der Waals surface area contributed by atoms with Crippen LogP contribution in [0.5, 0.6) is 0 Å². The topological polar surface area (TPSA) is 59.8 Å². The predicted molar refractivity (Wildman–Crippen MR) is 83.6 cm³/mol. The number of rotatable bonds is 3. The van der Waals surface area contributed by atoms with Gasteiger partial charge >= 0.3 is 0 Å². The van der Waals surface area contributed by atoms with Crippen molar-refractivity contribution in [2.75, 3.05) is 12.4 Å². The van der Waals surface area contributed by atoms with Crippen molar-refractivity contribution in [3.8, 4) is 0 Å². The first-order valence-electron chi connectivity index (χ1n) is 6.78. The van der Waals surface area contributed by atoms with E-state index in [9.17, 15) is 4.79 Å². The summed E-state index contributed by atoms with van der Waals surface area (Å²) in [7, 11) is 1.81. The Morgan fingerprint density at radius 2 is 2.00 bits per heavy atom. The predicted octanol–water partition coefficient (Wildman–Crippen LogP) is 2.19. The number of fused-ring (bicyclic) bond motifs is 1. The standard InChI is InChI=1S/C16H16N4O/c1-11-9-14(17-2)19-15(18-11)10-20-8-7-12-5-3-4-6-13(12)16(20)21/h3-9H,10H2,1-2H3,(H,17,18,19). The minimum atomic E-state index is -0.0239. The summed E-state index contributed by atoms with van der Waals surface area (Å²) >= 11 is 0. The maximum atomic E-state index is 12.5. The van der Waals surface area contributed by atoms with E-state index < -0.39 is 0 Å². The zero-order valence-electron chi connectivity index (χ0n) is 12.0. The van der Waals surface area contributed by atoms with Gasteiger partial charge in [-0.05, 0) is 24.4 Å². The molecule has 21 heavy (non-hydrogen) atoms. The van der Waals surface area contributed by atoms with Crippen molar-refractivity contribution in [1.82, 2.24) is 14.5 Å². The number of nitrogens with zero attached hydrogens (tertiary/aromatic N) is 3. The third-order valence-corrected chi connectivity index (χ3v) is 3.35. The Morgan fingerprint density at radius 1 is 1.19 bits per heavy atom. The van der Waals surface area contributed by atoms with Gasteiger partial charge in [0.15, 0.2) is 5.82 Å². The summed E-state index contributed by atoms with van der Waals surface area (Å²) in [6.07, 6.45) is 1.79. The molecule has 3 rings (SSSR count). The van der Waals surface area contributed by atoms with Gasteiger partial charge in [-0.2, -0.15) is 0 Å². The van der Waals surface area contributed by atoms with Crippen LogP contribution in [0, 0.1) is 6.92 Å². The van der Waals surface area contributed by atoms with Crippen LogP contribution in [-0.4, -0.2) is 21.6 Å². The van der Waals surface area contributed by atoms with Crippen LogP contribution in [0.25, 0.3) is 10.8 Å². The fourth-order valence-corrected chi connectivity index (χ4v) is 2.34. The van der Waals surface area contributed by atoms with E-state index in [2.05, 4.69) is 15.3 Å². The van der Waals surface area contributed by atoms with E-state index in [0.29, 0.717) is 17.8 Å². The number of hydrogen-bond donors (Lipinski definition) is 1. The minimum absolute atomic E-state index is 0.0239. The third kappa shape index (κ3) is 2.63. The summed E-state index contributed by atoms with van der Waals surface area (Å²) in [5.74, 6) is 1.38. The Bertz CT molecular complexity index is 854. The maximum Gasteiger partial charge on any atom is 0.258 e. The molecule has 106 valence electrons. The largest absolute Gasteiger partial charge is 0.373 e. The lowest BCUT2D eigenvalue weighted by Crippen LogP contribution is -2.21. The van der Waals surface area contributed by atoms with Gasteiger partial charge in [-0.25, -0.2) is 9.97 Å². The SMILES string of the molecule is CNc1cc(C)nc(Cn2ccc3ccccc3c2=O)n1. The normalized spacial score (nSPS) is 10.8.